The fourth-order valence-electron chi connectivity index (χ4n) is 4.28. The summed E-state index contributed by atoms with van der Waals surface area (Å²) in [5.74, 6) is 0.120. The predicted molar refractivity (Wildman–Crippen MR) is 98.2 cm³/mol. The van der Waals surface area contributed by atoms with Gasteiger partial charge in [0.05, 0.1) is 0 Å². The van der Waals surface area contributed by atoms with Crippen LogP contribution < -0.4 is 11.1 Å². The molecule has 0 spiro atoms. The maximum atomic E-state index is 13.8. The molecule has 0 aromatic heterocycles. The van der Waals surface area contributed by atoms with Gasteiger partial charge in [0.15, 0.2) is 0 Å². The Hall–Kier alpha value is -0.880. The molecule has 2 fully saturated rings. The number of amides is 1. The van der Waals surface area contributed by atoms with E-state index in [1.807, 2.05) is 0 Å². The van der Waals surface area contributed by atoms with Gasteiger partial charge in [-0.05, 0) is 49.7 Å². The normalized spacial score (nSPS) is 29.4. The Morgan fingerprint density at radius 2 is 2.00 bits per heavy atom. The van der Waals surface area contributed by atoms with Crippen LogP contribution in [0.2, 0.25) is 5.02 Å². The lowest BCUT2D eigenvalue weighted by Crippen LogP contribution is -2.49. The first-order chi connectivity index (χ1) is 11.5. The minimum Gasteiger partial charge on any atom is -0.386 e. The van der Waals surface area contributed by atoms with Crippen molar-refractivity contribution in [3.63, 3.8) is 0 Å². The molecule has 0 aliphatic heterocycles. The second-order valence-corrected chi connectivity index (χ2v) is 7.50. The van der Waals surface area contributed by atoms with Crippen molar-refractivity contribution in [3.05, 3.63) is 34.6 Å². The van der Waals surface area contributed by atoms with Gasteiger partial charge in [-0.15, -0.1) is 12.4 Å². The summed E-state index contributed by atoms with van der Waals surface area (Å²) in [5, 5.41) is 13.1. The number of carbonyl (C=O) groups excluding carboxylic acids is 1. The fraction of sp³-hybridized carbons (Fsp3) is 0.611. The molecule has 2 saturated carbocycles. The first-order valence-corrected chi connectivity index (χ1v) is 9.00. The molecule has 2 bridgehead atoms. The largest absolute Gasteiger partial charge is 0.386 e. The predicted octanol–water partition coefficient (Wildman–Crippen LogP) is 3.20. The topological polar surface area (TPSA) is 75.4 Å². The Balaban J connectivity index is 0.00000225. The van der Waals surface area contributed by atoms with Crippen LogP contribution >= 0.6 is 24.0 Å². The van der Waals surface area contributed by atoms with Crippen LogP contribution in [-0.4, -0.2) is 23.6 Å². The SMILES string of the molecule is Cl.NC1C2CCCC1CC(C(=O)NCC(O)c1c(F)cccc1Cl)C2. The molecule has 2 aliphatic rings. The van der Waals surface area contributed by atoms with E-state index < -0.39 is 11.9 Å². The van der Waals surface area contributed by atoms with Crippen LogP contribution in [0.3, 0.4) is 0 Å². The molecule has 2 aliphatic carbocycles. The monoisotopic (exact) mass is 390 g/mol. The number of aliphatic hydroxyl groups is 1. The number of nitrogens with two attached hydrogens (primary N) is 1. The van der Waals surface area contributed by atoms with Crippen LogP contribution in [0.4, 0.5) is 4.39 Å². The van der Waals surface area contributed by atoms with Gasteiger partial charge in [-0.25, -0.2) is 4.39 Å². The molecule has 4 N–H and O–H groups in total. The van der Waals surface area contributed by atoms with Gasteiger partial charge in [-0.1, -0.05) is 24.1 Å². The average Bonchev–Trinajstić information content (AvgIpc) is 2.52. The summed E-state index contributed by atoms with van der Waals surface area (Å²) < 4.78 is 13.8. The zero-order valence-electron chi connectivity index (χ0n) is 14.0. The second kappa shape index (κ2) is 8.67. The Labute approximate surface area is 158 Å². The van der Waals surface area contributed by atoms with Crippen LogP contribution in [0.25, 0.3) is 0 Å². The Morgan fingerprint density at radius 3 is 2.60 bits per heavy atom. The van der Waals surface area contributed by atoms with Crippen molar-refractivity contribution in [2.75, 3.05) is 6.54 Å². The summed E-state index contributed by atoms with van der Waals surface area (Å²) in [6, 6.07) is 4.46. The molecule has 25 heavy (non-hydrogen) atoms. The Bertz CT molecular complexity index is 582. The Kier molecular flexibility index (Phi) is 7.09. The van der Waals surface area contributed by atoms with Crippen molar-refractivity contribution in [2.24, 2.45) is 23.5 Å². The summed E-state index contributed by atoms with van der Waals surface area (Å²) in [7, 11) is 0. The van der Waals surface area contributed by atoms with Crippen molar-refractivity contribution >= 4 is 29.9 Å². The summed E-state index contributed by atoms with van der Waals surface area (Å²) in [4.78, 5) is 12.5. The van der Waals surface area contributed by atoms with Gasteiger partial charge in [-0.3, -0.25) is 4.79 Å². The molecule has 1 aromatic rings. The zero-order chi connectivity index (χ0) is 17.3. The van der Waals surface area contributed by atoms with Crippen LogP contribution in [0.15, 0.2) is 18.2 Å². The lowest BCUT2D eigenvalue weighted by molar-refractivity contribution is -0.128. The highest BCUT2D eigenvalue weighted by atomic mass is 35.5. The molecule has 0 saturated heterocycles. The summed E-state index contributed by atoms with van der Waals surface area (Å²) >= 11 is 5.94. The number of aliphatic hydroxyl groups excluding tert-OH is 1. The van der Waals surface area contributed by atoms with Crippen molar-refractivity contribution in [3.8, 4) is 0 Å². The van der Waals surface area contributed by atoms with Crippen molar-refractivity contribution in [1.29, 1.82) is 0 Å². The number of benzene rings is 1. The second-order valence-electron chi connectivity index (χ2n) is 7.09. The third kappa shape index (κ3) is 4.45. The summed E-state index contributed by atoms with van der Waals surface area (Å²) in [6.07, 6.45) is 3.83. The lowest BCUT2D eigenvalue weighted by atomic mass is 9.65. The standard InChI is InChI=1S/C18H24ClFN2O2.ClH/c19-13-5-2-6-14(20)16(13)15(23)9-22-18(24)12-7-10-3-1-4-11(8-12)17(10)21;/h2,5-6,10-12,15,17,23H,1,3-4,7-9,21H2,(H,22,24);1H. The molecule has 140 valence electrons. The van der Waals surface area contributed by atoms with E-state index in [2.05, 4.69) is 5.32 Å². The molecule has 1 aromatic carbocycles. The highest BCUT2D eigenvalue weighted by Crippen LogP contribution is 2.41. The number of rotatable bonds is 4. The molecule has 3 unspecified atom stereocenters. The number of nitrogens with one attached hydrogen (secondary N) is 1. The van der Waals surface area contributed by atoms with Gasteiger partial charge in [0, 0.05) is 29.1 Å². The minimum absolute atomic E-state index is 0. The van der Waals surface area contributed by atoms with Gasteiger partial charge in [0.2, 0.25) is 5.91 Å². The highest BCUT2D eigenvalue weighted by molar-refractivity contribution is 6.31. The van der Waals surface area contributed by atoms with E-state index in [1.54, 1.807) is 0 Å². The molecular weight excluding hydrogens is 366 g/mol. The molecular formula is C18H25Cl2FN2O2. The van der Waals surface area contributed by atoms with Crippen LogP contribution in [-0.2, 0) is 4.79 Å². The summed E-state index contributed by atoms with van der Waals surface area (Å²) in [5.41, 5.74) is 6.28. The van der Waals surface area contributed by atoms with E-state index in [-0.39, 0.29) is 47.4 Å². The quantitative estimate of drug-likeness (QED) is 0.738. The highest BCUT2D eigenvalue weighted by Gasteiger charge is 2.40. The van der Waals surface area contributed by atoms with Crippen LogP contribution in [0, 0.1) is 23.6 Å². The molecule has 0 heterocycles. The van der Waals surface area contributed by atoms with E-state index >= 15 is 0 Å². The smallest absolute Gasteiger partial charge is 0.223 e. The maximum absolute atomic E-state index is 13.8. The van der Waals surface area contributed by atoms with E-state index in [0.717, 1.165) is 25.7 Å². The molecule has 3 rings (SSSR count). The minimum atomic E-state index is -1.16. The number of hydrogen-bond donors (Lipinski definition) is 3. The first-order valence-electron chi connectivity index (χ1n) is 8.62. The van der Waals surface area contributed by atoms with Crippen LogP contribution in [0.1, 0.15) is 43.8 Å². The first kappa shape index (κ1) is 20.4. The van der Waals surface area contributed by atoms with Crippen molar-refractivity contribution in [2.45, 2.75) is 44.2 Å². The summed E-state index contributed by atoms with van der Waals surface area (Å²) in [6.45, 7) is -0.0443. The lowest BCUT2D eigenvalue weighted by Gasteiger charge is -2.43. The van der Waals surface area contributed by atoms with E-state index in [1.165, 1.54) is 24.6 Å². The third-order valence-corrected chi connectivity index (χ3v) is 5.92. The molecule has 4 nitrogen and oxygen atoms in total. The van der Waals surface area contributed by atoms with E-state index in [4.69, 9.17) is 17.3 Å². The number of carbonyl (C=O) groups is 1. The number of hydrogen-bond acceptors (Lipinski definition) is 3. The van der Waals surface area contributed by atoms with Crippen molar-refractivity contribution < 1.29 is 14.3 Å². The molecule has 0 radical (unpaired) electrons. The van der Waals surface area contributed by atoms with Gasteiger partial charge < -0.3 is 16.2 Å². The molecule has 3 atom stereocenters. The zero-order valence-corrected chi connectivity index (χ0v) is 15.5. The molecule has 7 heteroatoms. The third-order valence-electron chi connectivity index (χ3n) is 5.59. The number of fused-ring (bicyclic) bond motifs is 2. The number of halogens is 3. The van der Waals surface area contributed by atoms with Crippen LogP contribution in [0.5, 0.6) is 0 Å². The van der Waals surface area contributed by atoms with E-state index in [0.29, 0.717) is 11.8 Å². The Morgan fingerprint density at radius 1 is 1.36 bits per heavy atom. The van der Waals surface area contributed by atoms with Gasteiger partial charge in [-0.2, -0.15) is 0 Å². The van der Waals surface area contributed by atoms with E-state index in [9.17, 15) is 14.3 Å². The van der Waals surface area contributed by atoms with Gasteiger partial charge in [0.25, 0.3) is 0 Å². The molecule has 1 amide bonds. The van der Waals surface area contributed by atoms with Gasteiger partial charge in [0.1, 0.15) is 11.9 Å². The maximum Gasteiger partial charge on any atom is 0.223 e. The fourth-order valence-corrected chi connectivity index (χ4v) is 4.56. The van der Waals surface area contributed by atoms with Crippen molar-refractivity contribution in [1.82, 2.24) is 5.32 Å². The average molecular weight is 391 g/mol. The van der Waals surface area contributed by atoms with Gasteiger partial charge >= 0.3 is 0 Å².